The van der Waals surface area contributed by atoms with Gasteiger partial charge in [0.05, 0.1) is 19.8 Å². The number of piperidine rings is 1. The van der Waals surface area contributed by atoms with Crippen LogP contribution in [0.5, 0.6) is 17.2 Å². The molecule has 1 saturated heterocycles. The van der Waals surface area contributed by atoms with Crippen LogP contribution in [0.4, 0.5) is 0 Å². The van der Waals surface area contributed by atoms with Gasteiger partial charge in [-0.25, -0.2) is 0 Å². The van der Waals surface area contributed by atoms with E-state index in [1.165, 1.54) is 12.8 Å². The zero-order valence-corrected chi connectivity index (χ0v) is 11.5. The van der Waals surface area contributed by atoms with Crippen molar-refractivity contribution in [1.82, 2.24) is 5.32 Å². The standard InChI is InChI=1S/C13H19NO3.ClH/c1-16-11-7-9(15)8-12(17-2)13(11)10-5-3-4-6-14-10;/h7-8,10,14-15H,3-6H2,1-2H3;1H/t10-;/m0./s1. The summed E-state index contributed by atoms with van der Waals surface area (Å²) in [6.45, 7) is 1.01. The Labute approximate surface area is 114 Å². The van der Waals surface area contributed by atoms with Crippen LogP contribution >= 0.6 is 12.4 Å². The van der Waals surface area contributed by atoms with Crippen LogP contribution in [0.3, 0.4) is 0 Å². The number of methoxy groups -OCH3 is 2. The van der Waals surface area contributed by atoms with E-state index in [0.29, 0.717) is 11.5 Å². The summed E-state index contributed by atoms with van der Waals surface area (Å²) in [5.41, 5.74) is 1.01. The highest BCUT2D eigenvalue weighted by Crippen LogP contribution is 2.40. The molecule has 0 saturated carbocycles. The minimum Gasteiger partial charge on any atom is -0.508 e. The first-order valence-corrected chi connectivity index (χ1v) is 5.94. The van der Waals surface area contributed by atoms with Crippen LogP contribution in [0.1, 0.15) is 30.9 Å². The Balaban J connectivity index is 0.00000162. The number of phenols is 1. The summed E-state index contributed by atoms with van der Waals surface area (Å²) in [6.07, 6.45) is 3.47. The summed E-state index contributed by atoms with van der Waals surface area (Å²) < 4.78 is 10.7. The van der Waals surface area contributed by atoms with Crippen molar-refractivity contribution in [3.8, 4) is 17.2 Å². The van der Waals surface area contributed by atoms with Crippen molar-refractivity contribution in [3.63, 3.8) is 0 Å². The predicted octanol–water partition coefficient (Wildman–Crippen LogP) is 2.65. The van der Waals surface area contributed by atoms with Crippen molar-refractivity contribution < 1.29 is 14.6 Å². The second kappa shape index (κ2) is 6.71. The normalized spacial score (nSPS) is 18.9. The van der Waals surface area contributed by atoms with Crippen molar-refractivity contribution in [1.29, 1.82) is 0 Å². The van der Waals surface area contributed by atoms with Gasteiger partial charge in [0.15, 0.2) is 0 Å². The number of hydrogen-bond acceptors (Lipinski definition) is 4. The molecular weight excluding hydrogens is 254 g/mol. The molecule has 1 fully saturated rings. The molecule has 2 rings (SSSR count). The van der Waals surface area contributed by atoms with Gasteiger partial charge in [-0.3, -0.25) is 0 Å². The maximum atomic E-state index is 9.60. The molecular formula is C13H20ClNO3. The topological polar surface area (TPSA) is 50.7 Å². The zero-order chi connectivity index (χ0) is 12.3. The molecule has 1 aromatic carbocycles. The van der Waals surface area contributed by atoms with Crippen LogP contribution in [0.25, 0.3) is 0 Å². The Bertz CT molecular complexity index is 367. The van der Waals surface area contributed by atoms with E-state index in [2.05, 4.69) is 5.32 Å². The van der Waals surface area contributed by atoms with E-state index in [9.17, 15) is 5.11 Å². The van der Waals surface area contributed by atoms with Gasteiger partial charge in [-0.05, 0) is 19.4 Å². The fourth-order valence-electron chi connectivity index (χ4n) is 2.37. The number of benzene rings is 1. The van der Waals surface area contributed by atoms with Gasteiger partial charge in [-0.1, -0.05) is 6.42 Å². The maximum absolute atomic E-state index is 9.60. The third-order valence-corrected chi connectivity index (χ3v) is 3.19. The Hall–Kier alpha value is -1.13. The van der Waals surface area contributed by atoms with Crippen molar-refractivity contribution in [2.24, 2.45) is 0 Å². The van der Waals surface area contributed by atoms with Gasteiger partial charge in [0, 0.05) is 18.2 Å². The molecule has 102 valence electrons. The van der Waals surface area contributed by atoms with Crippen LogP contribution in [-0.4, -0.2) is 25.9 Å². The van der Waals surface area contributed by atoms with E-state index >= 15 is 0 Å². The number of aromatic hydroxyl groups is 1. The van der Waals surface area contributed by atoms with E-state index in [1.54, 1.807) is 26.4 Å². The summed E-state index contributed by atoms with van der Waals surface area (Å²) in [5, 5.41) is 13.1. The Morgan fingerprint density at radius 1 is 1.17 bits per heavy atom. The highest BCUT2D eigenvalue weighted by molar-refractivity contribution is 5.85. The largest absolute Gasteiger partial charge is 0.508 e. The summed E-state index contributed by atoms with van der Waals surface area (Å²) in [6, 6.07) is 3.51. The molecule has 1 heterocycles. The molecule has 1 aromatic rings. The Morgan fingerprint density at radius 2 is 1.78 bits per heavy atom. The number of halogens is 1. The third kappa shape index (κ3) is 3.00. The van der Waals surface area contributed by atoms with Crippen molar-refractivity contribution >= 4 is 12.4 Å². The highest BCUT2D eigenvalue weighted by Gasteiger charge is 2.23. The van der Waals surface area contributed by atoms with Crippen LogP contribution in [-0.2, 0) is 0 Å². The van der Waals surface area contributed by atoms with Gasteiger partial charge < -0.3 is 19.9 Å². The van der Waals surface area contributed by atoms with Gasteiger partial charge >= 0.3 is 0 Å². The lowest BCUT2D eigenvalue weighted by Gasteiger charge is -2.27. The maximum Gasteiger partial charge on any atom is 0.131 e. The van der Waals surface area contributed by atoms with Gasteiger partial charge in [0.1, 0.15) is 17.2 Å². The van der Waals surface area contributed by atoms with Crippen LogP contribution in [0, 0.1) is 0 Å². The Kier molecular flexibility index (Phi) is 5.56. The lowest BCUT2D eigenvalue weighted by atomic mass is 9.95. The fourth-order valence-corrected chi connectivity index (χ4v) is 2.37. The van der Waals surface area contributed by atoms with Crippen LogP contribution in [0.15, 0.2) is 12.1 Å². The van der Waals surface area contributed by atoms with E-state index < -0.39 is 0 Å². The molecule has 0 unspecified atom stereocenters. The fraction of sp³-hybridized carbons (Fsp3) is 0.538. The first-order valence-electron chi connectivity index (χ1n) is 5.94. The van der Waals surface area contributed by atoms with Gasteiger partial charge in [-0.2, -0.15) is 0 Å². The summed E-state index contributed by atoms with van der Waals surface area (Å²) in [5.74, 6) is 1.53. The molecule has 0 aromatic heterocycles. The third-order valence-electron chi connectivity index (χ3n) is 3.19. The molecule has 0 bridgehead atoms. The summed E-state index contributed by atoms with van der Waals surface area (Å²) in [7, 11) is 3.22. The molecule has 0 aliphatic carbocycles. The first kappa shape index (κ1) is 14.9. The van der Waals surface area contributed by atoms with E-state index in [1.807, 2.05) is 0 Å². The highest BCUT2D eigenvalue weighted by atomic mass is 35.5. The number of rotatable bonds is 3. The predicted molar refractivity (Wildman–Crippen MR) is 73.1 cm³/mol. The van der Waals surface area contributed by atoms with Crippen LogP contribution < -0.4 is 14.8 Å². The number of nitrogens with one attached hydrogen (secondary N) is 1. The van der Waals surface area contributed by atoms with Gasteiger partial charge in [0.2, 0.25) is 0 Å². The second-order valence-electron chi connectivity index (χ2n) is 4.27. The van der Waals surface area contributed by atoms with Crippen molar-refractivity contribution in [3.05, 3.63) is 17.7 Å². The SMILES string of the molecule is COc1cc(O)cc(OC)c1[C@@H]1CCCCN1.Cl. The smallest absolute Gasteiger partial charge is 0.131 e. The first-order chi connectivity index (χ1) is 8.26. The van der Waals surface area contributed by atoms with E-state index in [-0.39, 0.29) is 24.2 Å². The lowest BCUT2D eigenvalue weighted by Crippen LogP contribution is -2.27. The quantitative estimate of drug-likeness (QED) is 0.889. The Morgan fingerprint density at radius 3 is 2.22 bits per heavy atom. The number of ether oxygens (including phenoxy) is 2. The average molecular weight is 274 g/mol. The number of hydrogen-bond donors (Lipinski definition) is 2. The molecule has 4 nitrogen and oxygen atoms in total. The zero-order valence-electron chi connectivity index (χ0n) is 10.7. The minimum absolute atomic E-state index is 0. The number of phenolic OH excluding ortho intramolecular Hbond substituents is 1. The molecule has 1 aliphatic rings. The molecule has 0 radical (unpaired) electrons. The molecule has 1 atom stereocenters. The van der Waals surface area contributed by atoms with Gasteiger partial charge in [0.25, 0.3) is 0 Å². The molecule has 1 aliphatic heterocycles. The van der Waals surface area contributed by atoms with E-state index in [4.69, 9.17) is 9.47 Å². The summed E-state index contributed by atoms with van der Waals surface area (Å²) in [4.78, 5) is 0. The van der Waals surface area contributed by atoms with Gasteiger partial charge in [-0.15, -0.1) is 12.4 Å². The minimum atomic E-state index is 0. The second-order valence-corrected chi connectivity index (χ2v) is 4.27. The molecule has 0 amide bonds. The monoisotopic (exact) mass is 273 g/mol. The molecule has 2 N–H and O–H groups in total. The molecule has 18 heavy (non-hydrogen) atoms. The molecule has 5 heteroatoms. The van der Waals surface area contributed by atoms with E-state index in [0.717, 1.165) is 18.5 Å². The average Bonchev–Trinajstić information content (AvgIpc) is 2.38. The lowest BCUT2D eigenvalue weighted by molar-refractivity contribution is 0.343. The summed E-state index contributed by atoms with van der Waals surface area (Å²) >= 11 is 0. The molecule has 0 spiro atoms. The van der Waals surface area contributed by atoms with Crippen molar-refractivity contribution in [2.75, 3.05) is 20.8 Å². The van der Waals surface area contributed by atoms with Crippen molar-refractivity contribution in [2.45, 2.75) is 25.3 Å². The van der Waals surface area contributed by atoms with Crippen LogP contribution in [0.2, 0.25) is 0 Å².